The summed E-state index contributed by atoms with van der Waals surface area (Å²) >= 11 is 0. The molecule has 0 saturated carbocycles. The Bertz CT molecular complexity index is 1060. The number of hydrogen-bond acceptors (Lipinski definition) is 5. The summed E-state index contributed by atoms with van der Waals surface area (Å²) in [6.07, 6.45) is 3.09. The van der Waals surface area contributed by atoms with E-state index in [0.29, 0.717) is 30.4 Å². The maximum absolute atomic E-state index is 12.0. The highest BCUT2D eigenvalue weighted by Gasteiger charge is 2.12. The fraction of sp³-hybridized carbons (Fsp3) is 0.0800. The number of amides is 2. The van der Waals surface area contributed by atoms with Crippen LogP contribution < -0.4 is 20.2 Å². The molecular weight excluding hydrogens is 406 g/mol. The van der Waals surface area contributed by atoms with Gasteiger partial charge in [0.25, 0.3) is 0 Å². The van der Waals surface area contributed by atoms with Crippen LogP contribution in [0.4, 0.5) is 5.69 Å². The lowest BCUT2D eigenvalue weighted by Crippen LogP contribution is -2.32. The first-order valence-corrected chi connectivity index (χ1v) is 9.89. The van der Waals surface area contributed by atoms with Gasteiger partial charge in [-0.25, -0.2) is 5.43 Å². The Morgan fingerprint density at radius 1 is 0.844 bits per heavy atom. The Morgan fingerprint density at radius 3 is 2.19 bits per heavy atom. The zero-order valence-electron chi connectivity index (χ0n) is 17.4. The second-order valence-corrected chi connectivity index (χ2v) is 6.62. The van der Waals surface area contributed by atoms with Crippen LogP contribution in [0.3, 0.4) is 0 Å². The zero-order valence-corrected chi connectivity index (χ0v) is 17.4. The van der Waals surface area contributed by atoms with Crippen LogP contribution in [0.25, 0.3) is 0 Å². The van der Waals surface area contributed by atoms with Crippen LogP contribution in [0.1, 0.15) is 11.1 Å². The van der Waals surface area contributed by atoms with Crippen LogP contribution >= 0.6 is 0 Å². The molecule has 0 aromatic heterocycles. The predicted molar refractivity (Wildman–Crippen MR) is 124 cm³/mol. The van der Waals surface area contributed by atoms with Crippen molar-refractivity contribution in [3.63, 3.8) is 0 Å². The first kappa shape index (κ1) is 22.3. The van der Waals surface area contributed by atoms with E-state index in [-0.39, 0.29) is 0 Å². The first-order chi connectivity index (χ1) is 15.6. The molecule has 2 N–H and O–H groups in total. The van der Waals surface area contributed by atoms with Crippen molar-refractivity contribution < 1.29 is 19.1 Å². The van der Waals surface area contributed by atoms with E-state index in [9.17, 15) is 9.59 Å². The van der Waals surface area contributed by atoms with E-state index in [4.69, 9.17) is 9.47 Å². The maximum Gasteiger partial charge on any atom is 0.329 e. The van der Waals surface area contributed by atoms with Gasteiger partial charge in [-0.15, -0.1) is 0 Å². The van der Waals surface area contributed by atoms with Crippen LogP contribution in [-0.4, -0.2) is 24.6 Å². The van der Waals surface area contributed by atoms with Crippen molar-refractivity contribution in [2.75, 3.05) is 11.9 Å². The third-order valence-electron chi connectivity index (χ3n) is 4.19. The molecular formula is C25H23N3O4. The number of carbonyl (C=O) groups excluding carboxylic acids is 2. The highest BCUT2D eigenvalue weighted by molar-refractivity contribution is 6.39. The smallest absolute Gasteiger partial charge is 0.329 e. The number of benzene rings is 3. The number of hydrazone groups is 1. The monoisotopic (exact) mass is 429 g/mol. The molecule has 0 heterocycles. The summed E-state index contributed by atoms with van der Waals surface area (Å²) < 4.78 is 11.1. The zero-order chi connectivity index (χ0) is 22.6. The second-order valence-electron chi connectivity index (χ2n) is 6.62. The molecule has 0 radical (unpaired) electrons. The van der Waals surface area contributed by atoms with Crippen molar-refractivity contribution in [1.82, 2.24) is 5.43 Å². The molecule has 162 valence electrons. The number of hydrogen-bond donors (Lipinski definition) is 2. The Kier molecular flexibility index (Phi) is 8.16. The van der Waals surface area contributed by atoms with Crippen LogP contribution in [0.5, 0.6) is 11.5 Å². The van der Waals surface area contributed by atoms with Crippen LogP contribution in [0.15, 0.2) is 96.6 Å². The molecule has 7 heteroatoms. The molecule has 0 aliphatic rings. The number of rotatable bonds is 9. The number of nitrogens with zero attached hydrogens (tertiary/aromatic N) is 1. The van der Waals surface area contributed by atoms with Crippen molar-refractivity contribution in [2.45, 2.75) is 6.61 Å². The van der Waals surface area contributed by atoms with Crippen LogP contribution in [0, 0.1) is 0 Å². The van der Waals surface area contributed by atoms with Crippen LogP contribution in [-0.2, 0) is 16.2 Å². The van der Waals surface area contributed by atoms with Gasteiger partial charge in [0, 0.05) is 5.69 Å². The highest BCUT2D eigenvalue weighted by Crippen LogP contribution is 2.17. The molecule has 0 bridgehead atoms. The molecule has 32 heavy (non-hydrogen) atoms. The number of ether oxygens (including phenoxy) is 2. The van der Waals surface area contributed by atoms with E-state index in [2.05, 4.69) is 22.4 Å². The number of anilines is 1. The van der Waals surface area contributed by atoms with Crippen molar-refractivity contribution in [3.05, 3.63) is 103 Å². The quantitative estimate of drug-likeness (QED) is 0.234. The Hall–Kier alpha value is -4.39. The van der Waals surface area contributed by atoms with E-state index in [1.54, 1.807) is 54.6 Å². The molecule has 7 nitrogen and oxygen atoms in total. The highest BCUT2D eigenvalue weighted by atomic mass is 16.5. The summed E-state index contributed by atoms with van der Waals surface area (Å²) in [5.41, 5.74) is 4.46. The van der Waals surface area contributed by atoms with E-state index in [1.165, 1.54) is 6.21 Å². The molecule has 3 aromatic carbocycles. The van der Waals surface area contributed by atoms with Gasteiger partial charge in [0.2, 0.25) is 0 Å². The molecule has 0 saturated heterocycles. The van der Waals surface area contributed by atoms with Crippen molar-refractivity contribution in [2.24, 2.45) is 5.10 Å². The SMILES string of the molecule is C=CCOc1ccc(/C=N\NC(=O)C(=O)Nc2ccc(OCc3ccccc3)cc2)cc1. The second kappa shape index (κ2) is 11.7. The third-order valence-corrected chi connectivity index (χ3v) is 4.19. The summed E-state index contributed by atoms with van der Waals surface area (Å²) in [4.78, 5) is 24.0. The van der Waals surface area contributed by atoms with Gasteiger partial charge < -0.3 is 14.8 Å². The molecule has 3 rings (SSSR count). The van der Waals surface area contributed by atoms with Crippen LogP contribution in [0.2, 0.25) is 0 Å². The molecule has 0 atom stereocenters. The van der Waals surface area contributed by atoms with Gasteiger partial charge in [0.15, 0.2) is 0 Å². The van der Waals surface area contributed by atoms with Gasteiger partial charge in [0.1, 0.15) is 24.7 Å². The number of nitrogens with one attached hydrogen (secondary N) is 2. The maximum atomic E-state index is 12.0. The largest absolute Gasteiger partial charge is 0.490 e. The minimum Gasteiger partial charge on any atom is -0.490 e. The first-order valence-electron chi connectivity index (χ1n) is 9.89. The lowest BCUT2D eigenvalue weighted by molar-refractivity contribution is -0.136. The summed E-state index contributed by atoms with van der Waals surface area (Å²) in [6.45, 7) is 4.45. The van der Waals surface area contributed by atoms with Crippen molar-refractivity contribution >= 4 is 23.7 Å². The molecule has 0 fully saturated rings. The summed E-state index contributed by atoms with van der Waals surface area (Å²) in [7, 11) is 0. The summed E-state index contributed by atoms with van der Waals surface area (Å²) in [6, 6.07) is 23.6. The van der Waals surface area contributed by atoms with E-state index >= 15 is 0 Å². The van der Waals surface area contributed by atoms with E-state index < -0.39 is 11.8 Å². The molecule has 0 aliphatic heterocycles. The molecule has 2 amide bonds. The fourth-order valence-electron chi connectivity index (χ4n) is 2.58. The van der Waals surface area contributed by atoms with E-state index in [1.807, 2.05) is 30.3 Å². The minimum absolute atomic E-state index is 0.419. The topological polar surface area (TPSA) is 89.0 Å². The van der Waals surface area contributed by atoms with Gasteiger partial charge in [-0.3, -0.25) is 9.59 Å². The van der Waals surface area contributed by atoms with Gasteiger partial charge >= 0.3 is 11.8 Å². The summed E-state index contributed by atoms with van der Waals surface area (Å²) in [5, 5.41) is 6.31. The third kappa shape index (κ3) is 7.14. The lowest BCUT2D eigenvalue weighted by Gasteiger charge is -2.08. The molecule has 0 unspecified atom stereocenters. The molecule has 0 spiro atoms. The Morgan fingerprint density at radius 2 is 1.50 bits per heavy atom. The van der Waals surface area contributed by atoms with Gasteiger partial charge in [-0.1, -0.05) is 43.0 Å². The van der Waals surface area contributed by atoms with Gasteiger partial charge in [-0.2, -0.15) is 5.10 Å². The normalized spacial score (nSPS) is 10.4. The predicted octanol–water partition coefficient (Wildman–Crippen LogP) is 3.92. The van der Waals surface area contributed by atoms with Gasteiger partial charge in [0.05, 0.1) is 6.21 Å². The lowest BCUT2D eigenvalue weighted by atomic mass is 10.2. The van der Waals surface area contributed by atoms with Crippen molar-refractivity contribution in [1.29, 1.82) is 0 Å². The van der Waals surface area contributed by atoms with Crippen molar-refractivity contribution in [3.8, 4) is 11.5 Å². The van der Waals surface area contributed by atoms with E-state index in [0.717, 1.165) is 11.1 Å². The Labute approximate surface area is 186 Å². The molecule has 0 aliphatic carbocycles. The Balaban J connectivity index is 1.44. The average molecular weight is 429 g/mol. The summed E-state index contributed by atoms with van der Waals surface area (Å²) in [5.74, 6) is -0.353. The molecule has 3 aromatic rings. The average Bonchev–Trinajstić information content (AvgIpc) is 2.83. The fourth-order valence-corrected chi connectivity index (χ4v) is 2.58. The number of carbonyl (C=O) groups is 2. The minimum atomic E-state index is -0.878. The van der Waals surface area contributed by atoms with Gasteiger partial charge in [-0.05, 0) is 59.7 Å². The standard InChI is InChI=1S/C25H23N3O4/c1-2-16-31-22-12-8-19(9-13-22)17-26-28-25(30)24(29)27-21-10-14-23(15-11-21)32-18-20-6-4-3-5-7-20/h2-15,17H,1,16,18H2,(H,27,29)(H,28,30)/b26-17-.